The molecule has 8 nitrogen and oxygen atoms in total. The third-order valence-electron chi connectivity index (χ3n) is 5.33. The first-order valence-corrected chi connectivity index (χ1v) is 10.2. The number of morpholine rings is 1. The standard InChI is InChI=1S/C21H29N3O5/c1-2-29-21(27)24-9-7-17(8-10-24)20(26)22-18-5-3-16(4-6-18)15-19(25)23-11-13-28-14-12-23/h3-6,17H,2,7-15H2,1H3,(H,22,26). The van der Waals surface area contributed by atoms with Crippen LogP contribution in [0.5, 0.6) is 0 Å². The number of hydrogen-bond acceptors (Lipinski definition) is 5. The summed E-state index contributed by atoms with van der Waals surface area (Å²) in [6, 6.07) is 7.40. The van der Waals surface area contributed by atoms with Crippen molar-refractivity contribution in [2.45, 2.75) is 26.2 Å². The van der Waals surface area contributed by atoms with Crippen molar-refractivity contribution in [2.75, 3.05) is 51.3 Å². The van der Waals surface area contributed by atoms with Crippen LogP contribution in [-0.4, -0.2) is 73.7 Å². The lowest BCUT2D eigenvalue weighted by atomic mass is 9.96. The minimum Gasteiger partial charge on any atom is -0.450 e. The van der Waals surface area contributed by atoms with Crippen LogP contribution in [0.4, 0.5) is 10.5 Å². The number of benzene rings is 1. The average molecular weight is 403 g/mol. The average Bonchev–Trinajstić information content (AvgIpc) is 2.76. The normalized spacial score (nSPS) is 17.7. The number of amides is 3. The molecule has 2 aliphatic heterocycles. The second-order valence-electron chi connectivity index (χ2n) is 7.32. The highest BCUT2D eigenvalue weighted by Gasteiger charge is 2.28. The lowest BCUT2D eigenvalue weighted by Crippen LogP contribution is -2.41. The Morgan fingerprint density at radius 3 is 2.31 bits per heavy atom. The zero-order chi connectivity index (χ0) is 20.6. The van der Waals surface area contributed by atoms with E-state index in [4.69, 9.17) is 9.47 Å². The fourth-order valence-electron chi connectivity index (χ4n) is 3.59. The number of nitrogens with one attached hydrogen (secondary N) is 1. The predicted octanol–water partition coefficient (Wildman–Crippen LogP) is 1.89. The molecule has 0 unspecified atom stereocenters. The van der Waals surface area contributed by atoms with E-state index < -0.39 is 0 Å². The molecule has 2 aliphatic rings. The molecule has 1 aromatic carbocycles. The zero-order valence-corrected chi connectivity index (χ0v) is 16.9. The summed E-state index contributed by atoms with van der Waals surface area (Å²) in [6.45, 7) is 5.66. The summed E-state index contributed by atoms with van der Waals surface area (Å²) in [5.74, 6) is -0.0626. The summed E-state index contributed by atoms with van der Waals surface area (Å²) in [5.41, 5.74) is 1.63. The minimum atomic E-state index is -0.312. The van der Waals surface area contributed by atoms with Crippen LogP contribution in [0.25, 0.3) is 0 Å². The lowest BCUT2D eigenvalue weighted by molar-refractivity contribution is -0.134. The topological polar surface area (TPSA) is 88.2 Å². The van der Waals surface area contributed by atoms with Gasteiger partial charge >= 0.3 is 6.09 Å². The van der Waals surface area contributed by atoms with Crippen LogP contribution in [-0.2, 0) is 25.5 Å². The second-order valence-corrected chi connectivity index (χ2v) is 7.32. The van der Waals surface area contributed by atoms with Crippen molar-refractivity contribution in [1.82, 2.24) is 9.80 Å². The van der Waals surface area contributed by atoms with Gasteiger partial charge in [-0.05, 0) is 37.5 Å². The van der Waals surface area contributed by atoms with Crippen molar-refractivity contribution in [3.8, 4) is 0 Å². The van der Waals surface area contributed by atoms with Gasteiger partial charge in [0.2, 0.25) is 11.8 Å². The molecule has 3 rings (SSSR count). The number of ether oxygens (including phenoxy) is 2. The third kappa shape index (κ3) is 5.93. The van der Waals surface area contributed by atoms with E-state index in [1.165, 1.54) is 0 Å². The largest absolute Gasteiger partial charge is 0.450 e. The van der Waals surface area contributed by atoms with Crippen molar-refractivity contribution in [2.24, 2.45) is 5.92 Å². The SMILES string of the molecule is CCOC(=O)N1CCC(C(=O)Nc2ccc(CC(=O)N3CCOCC3)cc2)CC1. The zero-order valence-electron chi connectivity index (χ0n) is 16.9. The maximum atomic E-state index is 12.5. The fourth-order valence-corrected chi connectivity index (χ4v) is 3.59. The number of hydrogen-bond donors (Lipinski definition) is 1. The molecule has 0 radical (unpaired) electrons. The van der Waals surface area contributed by atoms with Crippen molar-refractivity contribution in [3.05, 3.63) is 29.8 Å². The van der Waals surface area contributed by atoms with E-state index in [-0.39, 0.29) is 23.8 Å². The summed E-state index contributed by atoms with van der Waals surface area (Å²) in [6.07, 6.45) is 1.28. The summed E-state index contributed by atoms with van der Waals surface area (Å²) < 4.78 is 10.3. The van der Waals surface area contributed by atoms with Gasteiger partial charge in [0, 0.05) is 37.8 Å². The summed E-state index contributed by atoms with van der Waals surface area (Å²) in [7, 11) is 0. The van der Waals surface area contributed by atoms with Gasteiger partial charge in [0.15, 0.2) is 0 Å². The van der Waals surface area contributed by atoms with Gasteiger partial charge in [0.05, 0.1) is 26.2 Å². The van der Waals surface area contributed by atoms with Gasteiger partial charge in [0.25, 0.3) is 0 Å². The first-order valence-electron chi connectivity index (χ1n) is 10.2. The molecule has 2 fully saturated rings. The highest BCUT2D eigenvalue weighted by molar-refractivity contribution is 5.92. The molecule has 2 saturated heterocycles. The molecule has 1 aromatic rings. The lowest BCUT2D eigenvalue weighted by Gasteiger charge is -2.30. The molecule has 0 aromatic heterocycles. The van der Waals surface area contributed by atoms with Crippen LogP contribution in [0.3, 0.4) is 0 Å². The number of rotatable bonds is 5. The summed E-state index contributed by atoms with van der Waals surface area (Å²) in [4.78, 5) is 40.0. The quantitative estimate of drug-likeness (QED) is 0.811. The molecular weight excluding hydrogens is 374 g/mol. The van der Waals surface area contributed by atoms with Gasteiger partial charge in [-0.3, -0.25) is 9.59 Å². The molecule has 0 saturated carbocycles. The summed E-state index contributed by atoms with van der Waals surface area (Å²) in [5, 5.41) is 2.94. The Balaban J connectivity index is 1.45. The van der Waals surface area contributed by atoms with E-state index in [9.17, 15) is 14.4 Å². The first-order chi connectivity index (χ1) is 14.1. The van der Waals surface area contributed by atoms with Crippen molar-refractivity contribution < 1.29 is 23.9 Å². The Hall–Kier alpha value is -2.61. The van der Waals surface area contributed by atoms with Crippen molar-refractivity contribution in [1.29, 1.82) is 0 Å². The van der Waals surface area contributed by atoms with E-state index in [0.29, 0.717) is 70.9 Å². The Bertz CT molecular complexity index is 708. The van der Waals surface area contributed by atoms with E-state index in [0.717, 1.165) is 5.56 Å². The minimum absolute atomic E-state index is 0.0364. The molecule has 0 spiro atoms. The molecule has 0 aliphatic carbocycles. The van der Waals surface area contributed by atoms with Crippen LogP contribution in [0, 0.1) is 5.92 Å². The number of nitrogens with zero attached hydrogens (tertiary/aromatic N) is 2. The molecule has 1 N–H and O–H groups in total. The van der Waals surface area contributed by atoms with Crippen LogP contribution >= 0.6 is 0 Å². The van der Waals surface area contributed by atoms with E-state index >= 15 is 0 Å². The maximum absolute atomic E-state index is 12.5. The second kappa shape index (κ2) is 10.2. The molecule has 3 amide bonds. The highest BCUT2D eigenvalue weighted by atomic mass is 16.6. The summed E-state index contributed by atoms with van der Waals surface area (Å²) >= 11 is 0. The number of anilines is 1. The highest BCUT2D eigenvalue weighted by Crippen LogP contribution is 2.20. The third-order valence-corrected chi connectivity index (χ3v) is 5.33. The predicted molar refractivity (Wildman–Crippen MR) is 107 cm³/mol. The van der Waals surface area contributed by atoms with Crippen LogP contribution < -0.4 is 5.32 Å². The van der Waals surface area contributed by atoms with Gasteiger partial charge in [-0.25, -0.2) is 4.79 Å². The van der Waals surface area contributed by atoms with Crippen molar-refractivity contribution in [3.63, 3.8) is 0 Å². The molecule has 0 atom stereocenters. The van der Waals surface area contributed by atoms with E-state index in [1.807, 2.05) is 29.2 Å². The maximum Gasteiger partial charge on any atom is 0.409 e. The number of likely N-dealkylation sites (tertiary alicyclic amines) is 1. The Labute approximate surface area is 171 Å². The van der Waals surface area contributed by atoms with Crippen molar-refractivity contribution >= 4 is 23.6 Å². The number of carbonyl (C=O) groups excluding carboxylic acids is 3. The van der Waals surface area contributed by atoms with Crippen LogP contribution in [0.15, 0.2) is 24.3 Å². The monoisotopic (exact) mass is 403 g/mol. The molecule has 2 heterocycles. The number of piperidine rings is 1. The van der Waals surface area contributed by atoms with Gasteiger partial charge in [0.1, 0.15) is 0 Å². The molecule has 8 heteroatoms. The molecule has 0 bridgehead atoms. The van der Waals surface area contributed by atoms with Crippen LogP contribution in [0.1, 0.15) is 25.3 Å². The molecular formula is C21H29N3O5. The Kier molecular flexibility index (Phi) is 7.46. The molecule has 158 valence electrons. The Morgan fingerprint density at radius 1 is 1.03 bits per heavy atom. The van der Waals surface area contributed by atoms with Gasteiger partial charge in [-0.15, -0.1) is 0 Å². The van der Waals surface area contributed by atoms with Gasteiger partial charge in [-0.1, -0.05) is 12.1 Å². The first kappa shape index (κ1) is 21.1. The van der Waals surface area contributed by atoms with Crippen LogP contribution in [0.2, 0.25) is 0 Å². The smallest absolute Gasteiger partial charge is 0.409 e. The van der Waals surface area contributed by atoms with E-state index in [2.05, 4.69) is 5.32 Å². The fraction of sp³-hybridized carbons (Fsp3) is 0.571. The van der Waals surface area contributed by atoms with Gasteiger partial charge < -0.3 is 24.6 Å². The Morgan fingerprint density at radius 2 is 1.69 bits per heavy atom. The van der Waals surface area contributed by atoms with Gasteiger partial charge in [-0.2, -0.15) is 0 Å². The van der Waals surface area contributed by atoms with E-state index in [1.54, 1.807) is 11.8 Å². The number of carbonyl (C=O) groups is 3. The molecule has 29 heavy (non-hydrogen) atoms.